The first-order valence-corrected chi connectivity index (χ1v) is 9.33. The topological polar surface area (TPSA) is 95.8 Å². The Hall–Kier alpha value is -1.28. The maximum Gasteiger partial charge on any atom is 0.451 e. The molecule has 0 amide bonds. The maximum absolute atomic E-state index is 8.87. The fraction of sp³-hybridized carbons (Fsp3) is 0.588. The lowest BCUT2D eigenvalue weighted by Crippen LogP contribution is -2.41. The molecule has 0 spiro atoms. The van der Waals surface area contributed by atoms with Crippen molar-refractivity contribution in [3.63, 3.8) is 0 Å². The number of aromatic nitrogens is 1. The van der Waals surface area contributed by atoms with Crippen LogP contribution in [0.5, 0.6) is 0 Å². The molecule has 0 radical (unpaired) electrons. The summed E-state index contributed by atoms with van der Waals surface area (Å²) in [4.78, 5) is 6.71. The monoisotopic (exact) mass is 365 g/mol. The molecule has 4 N–H and O–H groups in total. The van der Waals surface area contributed by atoms with E-state index in [9.17, 15) is 0 Å². The highest BCUT2D eigenvalue weighted by molar-refractivity contribution is 6.40. The Morgan fingerprint density at radius 1 is 1.32 bits per heavy atom. The van der Waals surface area contributed by atoms with Gasteiger partial charge in [-0.2, -0.15) is 4.98 Å². The molecule has 8 heteroatoms. The van der Waals surface area contributed by atoms with Gasteiger partial charge < -0.3 is 25.1 Å². The Morgan fingerprint density at radius 3 is 2.80 bits per heavy atom. The number of hydrogen-bond donors (Lipinski definition) is 3. The summed E-state index contributed by atoms with van der Waals surface area (Å²) in [5.41, 5.74) is 7.87. The zero-order chi connectivity index (χ0) is 17.8. The number of benzene rings is 1. The van der Waals surface area contributed by atoms with Crippen LogP contribution < -0.4 is 10.6 Å². The first-order chi connectivity index (χ1) is 12.0. The molecule has 2 heterocycles. The number of anilines is 1. The van der Waals surface area contributed by atoms with Crippen molar-refractivity contribution in [3.05, 3.63) is 23.2 Å². The molecule has 25 heavy (non-hydrogen) atoms. The van der Waals surface area contributed by atoms with E-state index >= 15 is 0 Å². The van der Waals surface area contributed by atoms with Crippen LogP contribution in [0, 0.1) is 5.92 Å². The van der Waals surface area contributed by atoms with E-state index in [4.69, 9.17) is 31.8 Å². The van der Waals surface area contributed by atoms with Crippen LogP contribution in [-0.2, 0) is 0 Å². The molecule has 0 saturated carbocycles. The van der Waals surface area contributed by atoms with Crippen molar-refractivity contribution in [2.45, 2.75) is 44.5 Å². The minimum atomic E-state index is -1.20. The highest BCUT2D eigenvalue weighted by Gasteiger charge is 2.26. The molecule has 1 aromatic heterocycles. The van der Waals surface area contributed by atoms with Crippen molar-refractivity contribution < 1.29 is 14.5 Å². The van der Waals surface area contributed by atoms with Crippen LogP contribution in [-0.4, -0.2) is 41.3 Å². The molecule has 0 bridgehead atoms. The molecular formula is C17H25BClN3O3. The number of fused-ring (bicyclic) bond motifs is 1. The van der Waals surface area contributed by atoms with Crippen molar-refractivity contribution >= 4 is 35.8 Å². The van der Waals surface area contributed by atoms with Gasteiger partial charge in [0.25, 0.3) is 6.01 Å². The standard InChI is InChI=1S/C17H25BClN3O3/c19-13-4-5-15-16(11-13)25-17(21-15)22-9-6-12(7-10-22)14(20)3-1-2-8-18(23)24/h4-5,11-12,14,23-24H,1-3,6-10,20H2. The molecule has 1 unspecified atom stereocenters. The van der Waals surface area contributed by atoms with Gasteiger partial charge in [-0.25, -0.2) is 0 Å². The lowest BCUT2D eigenvalue weighted by Gasteiger charge is -2.34. The highest BCUT2D eigenvalue weighted by Crippen LogP contribution is 2.29. The van der Waals surface area contributed by atoms with Gasteiger partial charge in [0, 0.05) is 30.2 Å². The zero-order valence-electron chi connectivity index (χ0n) is 14.3. The van der Waals surface area contributed by atoms with Crippen LogP contribution >= 0.6 is 11.6 Å². The van der Waals surface area contributed by atoms with Gasteiger partial charge in [0.15, 0.2) is 5.58 Å². The van der Waals surface area contributed by atoms with Crippen molar-refractivity contribution in [1.82, 2.24) is 4.98 Å². The summed E-state index contributed by atoms with van der Waals surface area (Å²) in [5, 5.41) is 18.4. The molecule has 1 aromatic carbocycles. The minimum absolute atomic E-state index is 0.167. The van der Waals surface area contributed by atoms with Crippen LogP contribution in [0.4, 0.5) is 6.01 Å². The van der Waals surface area contributed by atoms with E-state index in [1.807, 2.05) is 12.1 Å². The van der Waals surface area contributed by atoms with Crippen molar-refractivity contribution in [3.8, 4) is 0 Å². The molecular weight excluding hydrogens is 340 g/mol. The normalized spacial score (nSPS) is 17.2. The van der Waals surface area contributed by atoms with E-state index in [0.717, 1.165) is 50.7 Å². The van der Waals surface area contributed by atoms with E-state index in [-0.39, 0.29) is 6.04 Å². The second-order valence-corrected chi connectivity index (χ2v) is 7.30. The summed E-state index contributed by atoms with van der Waals surface area (Å²) in [6, 6.07) is 6.30. The smallest absolute Gasteiger partial charge is 0.427 e. The average Bonchev–Trinajstić information content (AvgIpc) is 3.01. The van der Waals surface area contributed by atoms with Crippen molar-refractivity contribution in [1.29, 1.82) is 0 Å². The van der Waals surface area contributed by atoms with Gasteiger partial charge in [0.2, 0.25) is 0 Å². The van der Waals surface area contributed by atoms with E-state index in [2.05, 4.69) is 9.88 Å². The van der Waals surface area contributed by atoms with Crippen molar-refractivity contribution in [2.24, 2.45) is 11.7 Å². The van der Waals surface area contributed by atoms with Gasteiger partial charge >= 0.3 is 7.12 Å². The lowest BCUT2D eigenvalue weighted by atomic mass is 9.82. The molecule has 1 aliphatic rings. The summed E-state index contributed by atoms with van der Waals surface area (Å²) in [6.45, 7) is 1.77. The van der Waals surface area contributed by atoms with Gasteiger partial charge in [-0.1, -0.05) is 24.4 Å². The second-order valence-electron chi connectivity index (χ2n) is 6.86. The number of unbranched alkanes of at least 4 members (excludes halogenated alkanes) is 1. The van der Waals surface area contributed by atoms with E-state index in [0.29, 0.717) is 28.9 Å². The summed E-state index contributed by atoms with van der Waals surface area (Å²) in [7, 11) is -1.20. The van der Waals surface area contributed by atoms with Crippen LogP contribution in [0.2, 0.25) is 11.3 Å². The van der Waals surface area contributed by atoms with Gasteiger partial charge in [-0.15, -0.1) is 0 Å². The maximum atomic E-state index is 8.87. The lowest BCUT2D eigenvalue weighted by molar-refractivity contribution is 0.315. The van der Waals surface area contributed by atoms with Crippen LogP contribution in [0.3, 0.4) is 0 Å². The van der Waals surface area contributed by atoms with Crippen LogP contribution in [0.25, 0.3) is 11.1 Å². The molecule has 1 atom stereocenters. The molecule has 1 saturated heterocycles. The number of hydrogen-bond acceptors (Lipinski definition) is 6. The van der Waals surface area contributed by atoms with Crippen LogP contribution in [0.15, 0.2) is 22.6 Å². The number of oxazole rings is 1. The minimum Gasteiger partial charge on any atom is -0.427 e. The Balaban J connectivity index is 1.49. The largest absolute Gasteiger partial charge is 0.451 e. The number of halogens is 1. The summed E-state index contributed by atoms with van der Waals surface area (Å²) < 4.78 is 5.84. The van der Waals surface area contributed by atoms with Gasteiger partial charge in [-0.3, -0.25) is 0 Å². The Bertz CT molecular complexity index is 689. The summed E-state index contributed by atoms with van der Waals surface area (Å²) in [6.07, 6.45) is 5.12. The summed E-state index contributed by atoms with van der Waals surface area (Å²) >= 11 is 5.99. The fourth-order valence-electron chi connectivity index (χ4n) is 3.48. The van der Waals surface area contributed by atoms with Gasteiger partial charge in [-0.05, 0) is 43.6 Å². The number of nitrogens with zero attached hydrogens (tertiary/aromatic N) is 2. The summed E-state index contributed by atoms with van der Waals surface area (Å²) in [5.74, 6) is 0.495. The number of nitrogens with two attached hydrogens (primary N) is 1. The Labute approximate surface area is 153 Å². The first kappa shape index (κ1) is 18.5. The van der Waals surface area contributed by atoms with E-state index in [1.165, 1.54) is 0 Å². The third kappa shape index (κ3) is 4.88. The predicted molar refractivity (Wildman–Crippen MR) is 101 cm³/mol. The molecule has 136 valence electrons. The third-order valence-corrected chi connectivity index (χ3v) is 5.24. The molecule has 6 nitrogen and oxygen atoms in total. The molecule has 3 rings (SSSR count). The van der Waals surface area contributed by atoms with Gasteiger partial charge in [0.1, 0.15) is 5.52 Å². The molecule has 2 aromatic rings. The zero-order valence-corrected chi connectivity index (χ0v) is 15.0. The molecule has 1 aliphatic heterocycles. The van der Waals surface area contributed by atoms with E-state index < -0.39 is 7.12 Å². The molecule has 0 aliphatic carbocycles. The average molecular weight is 366 g/mol. The van der Waals surface area contributed by atoms with Crippen LogP contribution in [0.1, 0.15) is 32.1 Å². The SMILES string of the molecule is NC(CCCCB(O)O)C1CCN(c2nc3ccc(Cl)cc3o2)CC1. The predicted octanol–water partition coefficient (Wildman–Crippen LogP) is 2.67. The quantitative estimate of drug-likeness (QED) is 0.516. The molecule has 1 fully saturated rings. The second kappa shape index (κ2) is 8.40. The Morgan fingerprint density at radius 2 is 2.08 bits per heavy atom. The first-order valence-electron chi connectivity index (χ1n) is 8.95. The van der Waals surface area contributed by atoms with Crippen molar-refractivity contribution in [2.75, 3.05) is 18.0 Å². The fourth-order valence-corrected chi connectivity index (χ4v) is 3.65. The third-order valence-electron chi connectivity index (χ3n) is 5.00. The highest BCUT2D eigenvalue weighted by atomic mass is 35.5. The van der Waals surface area contributed by atoms with Gasteiger partial charge in [0.05, 0.1) is 0 Å². The number of piperidine rings is 1. The van der Waals surface area contributed by atoms with E-state index in [1.54, 1.807) is 6.07 Å². The number of rotatable bonds is 7. The Kier molecular flexibility index (Phi) is 6.22.